The molecule has 0 saturated carbocycles. The molecule has 0 radical (unpaired) electrons. The highest BCUT2D eigenvalue weighted by atomic mass is 16.5. The van der Waals surface area contributed by atoms with Gasteiger partial charge in [0.1, 0.15) is 13.2 Å². The third-order valence-electron chi connectivity index (χ3n) is 5.63. The largest absolute Gasteiger partial charge is 0.493 e. The standard InChI is InChI=1S/C30H30O4/c1-31-29-19-23(15-17-27(29)33-21-25-9-5-3-6-10-25)13-14-24-16-18-28(30(20-24)32-2)34-22-26-11-7-4-8-12-26/h3-12,15-20H,13-14,21-22H2,1-2H3. The minimum atomic E-state index is 0.509. The molecule has 4 aromatic rings. The molecule has 4 aromatic carbocycles. The van der Waals surface area contributed by atoms with Crippen molar-refractivity contribution in [3.8, 4) is 23.0 Å². The molecule has 0 amide bonds. The molecule has 0 spiro atoms. The summed E-state index contributed by atoms with van der Waals surface area (Å²) in [5, 5.41) is 0. The number of benzene rings is 4. The second-order valence-electron chi connectivity index (χ2n) is 8.02. The summed E-state index contributed by atoms with van der Waals surface area (Å²) in [6.45, 7) is 1.02. The topological polar surface area (TPSA) is 36.9 Å². The van der Waals surface area contributed by atoms with Crippen molar-refractivity contribution < 1.29 is 18.9 Å². The first-order valence-electron chi connectivity index (χ1n) is 11.4. The second kappa shape index (κ2) is 11.8. The Hall–Kier alpha value is -3.92. The van der Waals surface area contributed by atoms with Gasteiger partial charge in [-0.05, 0) is 59.4 Å². The van der Waals surface area contributed by atoms with E-state index in [1.165, 1.54) is 11.1 Å². The van der Waals surface area contributed by atoms with E-state index in [-0.39, 0.29) is 0 Å². The van der Waals surface area contributed by atoms with Crippen LogP contribution >= 0.6 is 0 Å². The van der Waals surface area contributed by atoms with E-state index >= 15 is 0 Å². The molecule has 34 heavy (non-hydrogen) atoms. The van der Waals surface area contributed by atoms with Crippen LogP contribution in [0.2, 0.25) is 0 Å². The van der Waals surface area contributed by atoms with Crippen LogP contribution in [-0.4, -0.2) is 14.2 Å². The average Bonchev–Trinajstić information content (AvgIpc) is 2.91. The summed E-state index contributed by atoms with van der Waals surface area (Å²) in [6, 6.07) is 32.5. The molecular weight excluding hydrogens is 424 g/mol. The van der Waals surface area contributed by atoms with Crippen molar-refractivity contribution in [2.45, 2.75) is 26.1 Å². The van der Waals surface area contributed by atoms with E-state index in [2.05, 4.69) is 24.3 Å². The number of hydrogen-bond donors (Lipinski definition) is 0. The Labute approximate surface area is 201 Å². The molecule has 0 heterocycles. The van der Waals surface area contributed by atoms with Crippen molar-refractivity contribution in [3.63, 3.8) is 0 Å². The molecule has 0 unspecified atom stereocenters. The van der Waals surface area contributed by atoms with Gasteiger partial charge in [0, 0.05) is 0 Å². The molecular formula is C30H30O4. The zero-order chi connectivity index (χ0) is 23.6. The number of rotatable bonds is 11. The number of methoxy groups -OCH3 is 2. The lowest BCUT2D eigenvalue weighted by Gasteiger charge is -2.14. The fourth-order valence-electron chi connectivity index (χ4n) is 3.73. The lowest BCUT2D eigenvalue weighted by molar-refractivity contribution is 0.284. The summed E-state index contributed by atoms with van der Waals surface area (Å²) < 4.78 is 23.1. The predicted octanol–water partition coefficient (Wildman–Crippen LogP) is 6.65. The third kappa shape index (κ3) is 6.32. The molecule has 4 heteroatoms. The average molecular weight is 455 g/mol. The minimum Gasteiger partial charge on any atom is -0.493 e. The SMILES string of the molecule is COc1cc(CCc2ccc(OCc3ccccc3)c(OC)c2)ccc1OCc1ccccc1. The van der Waals surface area contributed by atoms with Crippen LogP contribution < -0.4 is 18.9 Å². The second-order valence-corrected chi connectivity index (χ2v) is 8.02. The van der Waals surface area contributed by atoms with Gasteiger partial charge in [-0.15, -0.1) is 0 Å². The maximum absolute atomic E-state index is 5.97. The van der Waals surface area contributed by atoms with Gasteiger partial charge in [-0.25, -0.2) is 0 Å². The van der Waals surface area contributed by atoms with Crippen LogP contribution in [0.3, 0.4) is 0 Å². The van der Waals surface area contributed by atoms with Gasteiger partial charge in [0.25, 0.3) is 0 Å². The van der Waals surface area contributed by atoms with Crippen molar-refractivity contribution in [2.75, 3.05) is 14.2 Å². The van der Waals surface area contributed by atoms with Crippen LogP contribution in [0.1, 0.15) is 22.3 Å². The Morgan fingerprint density at radius 3 is 1.24 bits per heavy atom. The highest BCUT2D eigenvalue weighted by Gasteiger charge is 2.09. The Bertz CT molecular complexity index is 1080. The first-order chi connectivity index (χ1) is 16.7. The zero-order valence-corrected chi connectivity index (χ0v) is 19.7. The van der Waals surface area contributed by atoms with Gasteiger partial charge in [0.15, 0.2) is 23.0 Å². The first kappa shape index (κ1) is 23.2. The molecule has 0 aliphatic heterocycles. The van der Waals surface area contributed by atoms with E-state index in [9.17, 15) is 0 Å². The molecule has 174 valence electrons. The highest BCUT2D eigenvalue weighted by molar-refractivity contribution is 5.45. The van der Waals surface area contributed by atoms with Crippen molar-refractivity contribution in [1.29, 1.82) is 0 Å². The van der Waals surface area contributed by atoms with Crippen LogP contribution in [0.15, 0.2) is 97.1 Å². The van der Waals surface area contributed by atoms with E-state index < -0.39 is 0 Å². The smallest absolute Gasteiger partial charge is 0.161 e. The molecule has 0 aliphatic rings. The van der Waals surface area contributed by atoms with Gasteiger partial charge < -0.3 is 18.9 Å². The van der Waals surface area contributed by atoms with Crippen LogP contribution in [0.5, 0.6) is 23.0 Å². The summed E-state index contributed by atoms with van der Waals surface area (Å²) in [7, 11) is 3.35. The molecule has 0 atom stereocenters. The van der Waals surface area contributed by atoms with Crippen LogP contribution in [0, 0.1) is 0 Å². The summed E-state index contributed by atoms with van der Waals surface area (Å²) in [5.74, 6) is 2.99. The lowest BCUT2D eigenvalue weighted by atomic mass is 10.0. The minimum absolute atomic E-state index is 0.509. The lowest BCUT2D eigenvalue weighted by Crippen LogP contribution is -2.00. The van der Waals surface area contributed by atoms with Crippen LogP contribution in [0.25, 0.3) is 0 Å². The molecule has 0 aromatic heterocycles. The normalized spacial score (nSPS) is 10.5. The number of aryl methyl sites for hydroxylation is 2. The van der Waals surface area contributed by atoms with E-state index in [1.807, 2.05) is 72.8 Å². The fraction of sp³-hybridized carbons (Fsp3) is 0.200. The van der Waals surface area contributed by atoms with Crippen molar-refractivity contribution in [1.82, 2.24) is 0 Å². The summed E-state index contributed by atoms with van der Waals surface area (Å²) in [4.78, 5) is 0. The fourth-order valence-corrected chi connectivity index (χ4v) is 3.73. The maximum Gasteiger partial charge on any atom is 0.161 e. The van der Waals surface area contributed by atoms with Gasteiger partial charge in [0.2, 0.25) is 0 Å². The maximum atomic E-state index is 5.97. The number of hydrogen-bond acceptors (Lipinski definition) is 4. The Morgan fingerprint density at radius 2 is 0.853 bits per heavy atom. The molecule has 0 bridgehead atoms. The molecule has 0 saturated heterocycles. The van der Waals surface area contributed by atoms with Gasteiger partial charge in [-0.1, -0.05) is 72.8 Å². The predicted molar refractivity (Wildman–Crippen MR) is 135 cm³/mol. The van der Waals surface area contributed by atoms with Gasteiger partial charge >= 0.3 is 0 Å². The van der Waals surface area contributed by atoms with Crippen LogP contribution in [-0.2, 0) is 26.1 Å². The molecule has 4 rings (SSSR count). The Kier molecular flexibility index (Phi) is 8.07. The molecule has 0 fully saturated rings. The van der Waals surface area contributed by atoms with E-state index in [0.29, 0.717) is 13.2 Å². The Balaban J connectivity index is 1.36. The van der Waals surface area contributed by atoms with Gasteiger partial charge in [0.05, 0.1) is 14.2 Å². The van der Waals surface area contributed by atoms with E-state index in [4.69, 9.17) is 18.9 Å². The Morgan fingerprint density at radius 1 is 0.441 bits per heavy atom. The van der Waals surface area contributed by atoms with Crippen molar-refractivity contribution in [3.05, 3.63) is 119 Å². The molecule has 0 N–H and O–H groups in total. The van der Waals surface area contributed by atoms with E-state index in [0.717, 1.165) is 47.0 Å². The zero-order valence-electron chi connectivity index (χ0n) is 19.7. The summed E-state index contributed by atoms with van der Waals surface area (Å²) in [5.41, 5.74) is 4.62. The third-order valence-corrected chi connectivity index (χ3v) is 5.63. The summed E-state index contributed by atoms with van der Waals surface area (Å²) in [6.07, 6.45) is 1.76. The van der Waals surface area contributed by atoms with Crippen molar-refractivity contribution >= 4 is 0 Å². The number of ether oxygens (including phenoxy) is 4. The summed E-state index contributed by atoms with van der Waals surface area (Å²) >= 11 is 0. The van der Waals surface area contributed by atoms with Crippen molar-refractivity contribution in [2.24, 2.45) is 0 Å². The van der Waals surface area contributed by atoms with Gasteiger partial charge in [-0.2, -0.15) is 0 Å². The highest BCUT2D eigenvalue weighted by Crippen LogP contribution is 2.31. The first-order valence-corrected chi connectivity index (χ1v) is 11.4. The van der Waals surface area contributed by atoms with Gasteiger partial charge in [-0.3, -0.25) is 0 Å². The monoisotopic (exact) mass is 454 g/mol. The van der Waals surface area contributed by atoms with Crippen LogP contribution in [0.4, 0.5) is 0 Å². The molecule has 4 nitrogen and oxygen atoms in total. The van der Waals surface area contributed by atoms with E-state index in [1.54, 1.807) is 14.2 Å². The molecule has 0 aliphatic carbocycles. The quantitative estimate of drug-likeness (QED) is 0.254.